The third-order valence-electron chi connectivity index (χ3n) is 1.98. The van der Waals surface area contributed by atoms with Crippen LogP contribution in [0.5, 0.6) is 0 Å². The first kappa shape index (κ1) is 9.26. The summed E-state index contributed by atoms with van der Waals surface area (Å²) in [5.41, 5.74) is 7.92. The highest BCUT2D eigenvalue weighted by Gasteiger charge is 2.03. The van der Waals surface area contributed by atoms with Gasteiger partial charge in [0.25, 0.3) is 0 Å². The van der Waals surface area contributed by atoms with Gasteiger partial charge >= 0.3 is 0 Å². The highest BCUT2D eigenvalue weighted by molar-refractivity contribution is 5.10. The molecule has 0 radical (unpaired) electrons. The molecule has 0 saturated carbocycles. The molecule has 1 rings (SSSR count). The molecule has 3 nitrogen and oxygen atoms in total. The number of hydrogen-bond donors (Lipinski definition) is 1. The predicted octanol–water partition coefficient (Wildman–Crippen LogP) is 0.967. The highest BCUT2D eigenvalue weighted by atomic mass is 15.3. The maximum absolute atomic E-state index is 5.49. The highest BCUT2D eigenvalue weighted by Crippen LogP contribution is 2.05. The monoisotopic (exact) mass is 167 g/mol. The number of rotatable bonds is 4. The van der Waals surface area contributed by atoms with Gasteiger partial charge in [0.15, 0.2) is 0 Å². The van der Waals surface area contributed by atoms with Crippen molar-refractivity contribution in [2.75, 3.05) is 6.54 Å². The van der Waals surface area contributed by atoms with Crippen molar-refractivity contribution >= 4 is 0 Å². The zero-order valence-electron chi connectivity index (χ0n) is 7.88. The van der Waals surface area contributed by atoms with Crippen LogP contribution in [0.3, 0.4) is 0 Å². The van der Waals surface area contributed by atoms with E-state index in [1.54, 1.807) is 0 Å². The van der Waals surface area contributed by atoms with Crippen LogP contribution >= 0.6 is 0 Å². The summed E-state index contributed by atoms with van der Waals surface area (Å²) < 4.78 is 2.03. The molecule has 0 aliphatic carbocycles. The molecule has 68 valence electrons. The molecular formula is C9H17N3. The van der Waals surface area contributed by atoms with Crippen molar-refractivity contribution in [2.24, 2.45) is 5.73 Å². The summed E-state index contributed by atoms with van der Waals surface area (Å²) in [6.45, 7) is 5.87. The van der Waals surface area contributed by atoms with Crippen molar-refractivity contribution in [2.45, 2.75) is 33.2 Å². The SMILES string of the molecule is CCc1cc(CCN)n(CC)n1. The van der Waals surface area contributed by atoms with Gasteiger partial charge in [-0.1, -0.05) is 6.92 Å². The molecule has 1 aromatic rings. The molecule has 2 N–H and O–H groups in total. The van der Waals surface area contributed by atoms with E-state index in [1.807, 2.05) is 4.68 Å². The van der Waals surface area contributed by atoms with Crippen molar-refractivity contribution in [3.8, 4) is 0 Å². The van der Waals surface area contributed by atoms with Crippen molar-refractivity contribution in [1.29, 1.82) is 0 Å². The Bertz CT molecular complexity index is 240. The molecule has 0 amide bonds. The lowest BCUT2D eigenvalue weighted by molar-refractivity contribution is 0.613. The van der Waals surface area contributed by atoms with Gasteiger partial charge < -0.3 is 5.73 Å². The Kier molecular flexibility index (Phi) is 3.29. The lowest BCUT2D eigenvalue weighted by Crippen LogP contribution is -2.09. The minimum atomic E-state index is 0.703. The third kappa shape index (κ3) is 1.85. The van der Waals surface area contributed by atoms with Gasteiger partial charge in [0.1, 0.15) is 0 Å². The Morgan fingerprint density at radius 1 is 1.50 bits per heavy atom. The van der Waals surface area contributed by atoms with Crippen LogP contribution < -0.4 is 5.73 Å². The summed E-state index contributed by atoms with van der Waals surface area (Å²) in [7, 11) is 0. The van der Waals surface area contributed by atoms with E-state index in [0.717, 1.165) is 19.4 Å². The second-order valence-electron chi connectivity index (χ2n) is 2.84. The Morgan fingerprint density at radius 3 is 2.75 bits per heavy atom. The Balaban J connectivity index is 2.84. The molecule has 0 saturated heterocycles. The van der Waals surface area contributed by atoms with Gasteiger partial charge in [-0.3, -0.25) is 4.68 Å². The number of aryl methyl sites for hydroxylation is 2. The maximum Gasteiger partial charge on any atom is 0.0624 e. The van der Waals surface area contributed by atoms with Crippen molar-refractivity contribution in [3.63, 3.8) is 0 Å². The Morgan fingerprint density at radius 2 is 2.25 bits per heavy atom. The normalized spacial score (nSPS) is 10.6. The molecule has 0 aromatic carbocycles. The molecule has 1 aromatic heterocycles. The van der Waals surface area contributed by atoms with Crippen molar-refractivity contribution < 1.29 is 0 Å². The minimum absolute atomic E-state index is 0.703. The van der Waals surface area contributed by atoms with Gasteiger partial charge in [-0.05, 0) is 26.0 Å². The number of aromatic nitrogens is 2. The van der Waals surface area contributed by atoms with Crippen LogP contribution in [0.15, 0.2) is 6.07 Å². The summed E-state index contributed by atoms with van der Waals surface area (Å²) >= 11 is 0. The number of nitrogens with zero attached hydrogens (tertiary/aromatic N) is 2. The van der Waals surface area contributed by atoms with Crippen LogP contribution in [0.1, 0.15) is 25.2 Å². The zero-order valence-corrected chi connectivity index (χ0v) is 7.88. The summed E-state index contributed by atoms with van der Waals surface area (Å²) in [4.78, 5) is 0. The molecular weight excluding hydrogens is 150 g/mol. The van der Waals surface area contributed by atoms with E-state index in [1.165, 1.54) is 11.4 Å². The lowest BCUT2D eigenvalue weighted by atomic mass is 10.2. The van der Waals surface area contributed by atoms with Crippen LogP contribution in [0.2, 0.25) is 0 Å². The van der Waals surface area contributed by atoms with Gasteiger partial charge in [-0.15, -0.1) is 0 Å². The van der Waals surface area contributed by atoms with Crippen LogP contribution in [-0.2, 0) is 19.4 Å². The van der Waals surface area contributed by atoms with Gasteiger partial charge in [0.2, 0.25) is 0 Å². The molecule has 0 aliphatic rings. The maximum atomic E-state index is 5.49. The number of nitrogens with two attached hydrogens (primary N) is 1. The Labute approximate surface area is 73.6 Å². The molecule has 0 atom stereocenters. The van der Waals surface area contributed by atoms with E-state index in [-0.39, 0.29) is 0 Å². The smallest absolute Gasteiger partial charge is 0.0624 e. The van der Waals surface area contributed by atoms with E-state index in [0.29, 0.717) is 6.54 Å². The molecule has 3 heteroatoms. The van der Waals surface area contributed by atoms with E-state index in [2.05, 4.69) is 25.0 Å². The number of hydrogen-bond acceptors (Lipinski definition) is 2. The molecule has 0 fully saturated rings. The van der Waals surface area contributed by atoms with Gasteiger partial charge in [0.05, 0.1) is 5.69 Å². The summed E-state index contributed by atoms with van der Waals surface area (Å²) in [6, 6.07) is 2.15. The van der Waals surface area contributed by atoms with E-state index < -0.39 is 0 Å². The van der Waals surface area contributed by atoms with Crippen LogP contribution in [0, 0.1) is 0 Å². The van der Waals surface area contributed by atoms with Crippen LogP contribution in [-0.4, -0.2) is 16.3 Å². The van der Waals surface area contributed by atoms with E-state index >= 15 is 0 Å². The fourth-order valence-corrected chi connectivity index (χ4v) is 1.31. The second-order valence-corrected chi connectivity index (χ2v) is 2.84. The van der Waals surface area contributed by atoms with E-state index in [4.69, 9.17) is 5.73 Å². The molecule has 0 bridgehead atoms. The Hall–Kier alpha value is -0.830. The summed E-state index contributed by atoms with van der Waals surface area (Å²) in [5, 5.41) is 4.43. The zero-order chi connectivity index (χ0) is 8.97. The average molecular weight is 167 g/mol. The van der Waals surface area contributed by atoms with Gasteiger partial charge in [0, 0.05) is 18.7 Å². The van der Waals surface area contributed by atoms with Crippen LogP contribution in [0.25, 0.3) is 0 Å². The topological polar surface area (TPSA) is 43.8 Å². The average Bonchev–Trinajstić information content (AvgIpc) is 2.48. The van der Waals surface area contributed by atoms with Gasteiger partial charge in [-0.25, -0.2) is 0 Å². The molecule has 0 spiro atoms. The van der Waals surface area contributed by atoms with Crippen LogP contribution in [0.4, 0.5) is 0 Å². The molecule has 12 heavy (non-hydrogen) atoms. The standard InChI is InChI=1S/C9H17N3/c1-3-8-7-9(5-6-10)12(4-2)11-8/h7H,3-6,10H2,1-2H3. The van der Waals surface area contributed by atoms with Crippen molar-refractivity contribution in [1.82, 2.24) is 9.78 Å². The van der Waals surface area contributed by atoms with Gasteiger partial charge in [-0.2, -0.15) is 5.10 Å². The molecule has 0 aliphatic heterocycles. The first-order chi connectivity index (χ1) is 5.81. The fraction of sp³-hybridized carbons (Fsp3) is 0.667. The quantitative estimate of drug-likeness (QED) is 0.726. The predicted molar refractivity (Wildman–Crippen MR) is 50.0 cm³/mol. The first-order valence-corrected chi connectivity index (χ1v) is 4.57. The third-order valence-corrected chi connectivity index (χ3v) is 1.98. The largest absolute Gasteiger partial charge is 0.330 e. The molecule has 1 heterocycles. The summed E-state index contributed by atoms with van der Waals surface area (Å²) in [6.07, 6.45) is 1.94. The molecule has 0 unspecified atom stereocenters. The van der Waals surface area contributed by atoms with Crippen molar-refractivity contribution in [3.05, 3.63) is 17.5 Å². The summed E-state index contributed by atoms with van der Waals surface area (Å²) in [5.74, 6) is 0. The lowest BCUT2D eigenvalue weighted by Gasteiger charge is -2.00. The minimum Gasteiger partial charge on any atom is -0.330 e. The van der Waals surface area contributed by atoms with E-state index in [9.17, 15) is 0 Å². The first-order valence-electron chi connectivity index (χ1n) is 4.57. The second kappa shape index (κ2) is 4.26. The fourth-order valence-electron chi connectivity index (χ4n) is 1.31.